The van der Waals surface area contributed by atoms with Crippen LogP contribution in [0.15, 0.2) is 47.4 Å². The van der Waals surface area contributed by atoms with Crippen molar-refractivity contribution < 1.29 is 14.4 Å². The van der Waals surface area contributed by atoms with Crippen molar-refractivity contribution in [3.63, 3.8) is 0 Å². The third kappa shape index (κ3) is 4.45. The molecule has 33 heavy (non-hydrogen) atoms. The third-order valence-electron chi connectivity index (χ3n) is 5.83. The first-order valence-corrected chi connectivity index (χ1v) is 12.1. The summed E-state index contributed by atoms with van der Waals surface area (Å²) in [5, 5.41) is 2.87. The number of anilines is 2. The van der Waals surface area contributed by atoms with Gasteiger partial charge in [0.05, 0.1) is 16.2 Å². The van der Waals surface area contributed by atoms with Crippen molar-refractivity contribution in [1.29, 1.82) is 0 Å². The summed E-state index contributed by atoms with van der Waals surface area (Å²) in [6.45, 7) is 6.42. The average molecular weight is 480 g/mol. The predicted molar refractivity (Wildman–Crippen MR) is 137 cm³/mol. The second-order valence-corrected chi connectivity index (χ2v) is 9.78. The highest BCUT2D eigenvalue weighted by molar-refractivity contribution is 8.26. The molecule has 0 aromatic heterocycles. The molecule has 3 amide bonds. The topological polar surface area (TPSA) is 69.7 Å². The van der Waals surface area contributed by atoms with E-state index in [0.29, 0.717) is 38.3 Å². The smallest absolute Gasteiger partial charge is 0.267 e. The van der Waals surface area contributed by atoms with Crippen LogP contribution in [0.2, 0.25) is 0 Å². The van der Waals surface area contributed by atoms with Crippen molar-refractivity contribution in [2.45, 2.75) is 33.6 Å². The Balaban J connectivity index is 1.62. The maximum absolute atomic E-state index is 13.5. The summed E-state index contributed by atoms with van der Waals surface area (Å²) < 4.78 is 0.465. The van der Waals surface area contributed by atoms with Crippen LogP contribution in [0, 0.1) is 13.8 Å². The van der Waals surface area contributed by atoms with Crippen molar-refractivity contribution in [2.24, 2.45) is 0 Å². The van der Waals surface area contributed by atoms with Crippen molar-refractivity contribution in [3.8, 4) is 0 Å². The second-order valence-electron chi connectivity index (χ2n) is 8.14. The molecule has 0 aliphatic carbocycles. The number of hydrogen-bond acceptors (Lipinski definition) is 5. The molecule has 2 aromatic carbocycles. The first kappa shape index (κ1) is 23.2. The minimum atomic E-state index is -0.359. The zero-order valence-electron chi connectivity index (χ0n) is 18.8. The number of thioether (sulfide) groups is 1. The molecule has 1 N–H and O–H groups in total. The summed E-state index contributed by atoms with van der Waals surface area (Å²) in [6, 6.07) is 12.9. The molecule has 170 valence electrons. The number of nitrogens with zero attached hydrogens (tertiary/aromatic N) is 2. The fraction of sp³-hybridized carbons (Fsp3) is 0.280. The van der Waals surface area contributed by atoms with E-state index < -0.39 is 0 Å². The quantitative estimate of drug-likeness (QED) is 0.482. The number of aryl methyl sites for hydroxylation is 2. The van der Waals surface area contributed by atoms with E-state index >= 15 is 0 Å². The van der Waals surface area contributed by atoms with Gasteiger partial charge in [-0.15, -0.1) is 0 Å². The van der Waals surface area contributed by atoms with Crippen molar-refractivity contribution in [3.05, 3.63) is 64.1 Å². The van der Waals surface area contributed by atoms with E-state index in [1.807, 2.05) is 57.2 Å². The number of thiocarbonyl (C=S) groups is 1. The Labute approximate surface area is 203 Å². The summed E-state index contributed by atoms with van der Waals surface area (Å²) in [5.41, 5.74) is 4.48. The monoisotopic (exact) mass is 479 g/mol. The molecule has 0 saturated carbocycles. The van der Waals surface area contributed by atoms with Crippen LogP contribution in [0.4, 0.5) is 11.4 Å². The minimum Gasteiger partial charge on any atom is -0.325 e. The number of para-hydroxylation sites is 1. The summed E-state index contributed by atoms with van der Waals surface area (Å²) in [4.78, 5) is 42.7. The van der Waals surface area contributed by atoms with Crippen LogP contribution in [-0.4, -0.2) is 40.0 Å². The van der Waals surface area contributed by atoms with Gasteiger partial charge in [-0.05, 0) is 49.6 Å². The minimum absolute atomic E-state index is 0.150. The van der Waals surface area contributed by atoms with Gasteiger partial charge in [-0.2, -0.15) is 0 Å². The zero-order valence-corrected chi connectivity index (χ0v) is 20.4. The standard InChI is InChI=1S/C25H25N3O3S2/c1-4-5-12-27-24(31)22(33-25(27)32)21-18-8-6-7-9-19(18)28(23(21)30)14-20(29)26-17-11-10-15(2)16(3)13-17/h6-11,13H,4-5,12,14H2,1-3H3,(H,26,29). The Bertz CT molecular complexity index is 1210. The molecular formula is C25H25N3O3S2. The number of carbonyl (C=O) groups is 3. The molecule has 0 atom stereocenters. The van der Waals surface area contributed by atoms with E-state index in [-0.39, 0.29) is 24.3 Å². The molecular weight excluding hydrogens is 454 g/mol. The molecule has 0 unspecified atom stereocenters. The Morgan fingerprint density at radius 3 is 2.52 bits per heavy atom. The van der Waals surface area contributed by atoms with E-state index in [9.17, 15) is 14.4 Å². The second kappa shape index (κ2) is 9.49. The molecule has 2 aliphatic rings. The molecule has 2 heterocycles. The lowest BCUT2D eigenvalue weighted by atomic mass is 10.1. The number of nitrogens with one attached hydrogen (secondary N) is 1. The zero-order chi connectivity index (χ0) is 23.7. The number of amides is 3. The predicted octanol–water partition coefficient (Wildman–Crippen LogP) is 4.66. The van der Waals surface area contributed by atoms with Gasteiger partial charge in [-0.1, -0.05) is 61.6 Å². The molecule has 1 fully saturated rings. The van der Waals surface area contributed by atoms with Gasteiger partial charge < -0.3 is 5.32 Å². The maximum atomic E-state index is 13.5. The lowest BCUT2D eigenvalue weighted by Crippen LogP contribution is -2.35. The Morgan fingerprint density at radius 2 is 1.79 bits per heavy atom. The summed E-state index contributed by atoms with van der Waals surface area (Å²) >= 11 is 6.58. The van der Waals surface area contributed by atoms with Crippen LogP contribution < -0.4 is 10.2 Å². The summed E-state index contributed by atoms with van der Waals surface area (Å²) in [5.74, 6) is -0.904. The van der Waals surface area contributed by atoms with Gasteiger partial charge in [-0.25, -0.2) is 0 Å². The Hall–Kier alpha value is -2.97. The van der Waals surface area contributed by atoms with Crippen molar-refractivity contribution >= 4 is 63.0 Å². The van der Waals surface area contributed by atoms with Crippen LogP contribution in [0.1, 0.15) is 36.5 Å². The van der Waals surface area contributed by atoms with Gasteiger partial charge in [-0.3, -0.25) is 24.2 Å². The number of hydrogen-bond donors (Lipinski definition) is 1. The fourth-order valence-corrected chi connectivity index (χ4v) is 5.26. The van der Waals surface area contributed by atoms with E-state index in [0.717, 1.165) is 35.7 Å². The Kier molecular flexibility index (Phi) is 6.67. The normalized spacial score (nSPS) is 17.7. The molecule has 2 aliphatic heterocycles. The lowest BCUT2D eigenvalue weighted by Gasteiger charge is -2.17. The number of benzene rings is 2. The summed E-state index contributed by atoms with van der Waals surface area (Å²) in [7, 11) is 0. The third-order valence-corrected chi connectivity index (χ3v) is 7.28. The van der Waals surface area contributed by atoms with E-state index in [1.54, 1.807) is 11.0 Å². The van der Waals surface area contributed by atoms with Gasteiger partial charge in [0.1, 0.15) is 10.9 Å². The van der Waals surface area contributed by atoms with Gasteiger partial charge in [0.15, 0.2) is 0 Å². The largest absolute Gasteiger partial charge is 0.325 e. The van der Waals surface area contributed by atoms with Crippen LogP contribution in [0.25, 0.3) is 5.57 Å². The first-order chi connectivity index (χ1) is 15.8. The van der Waals surface area contributed by atoms with Gasteiger partial charge in [0.2, 0.25) is 5.91 Å². The molecule has 0 bridgehead atoms. The molecule has 4 rings (SSSR count). The molecule has 0 spiro atoms. The van der Waals surface area contributed by atoms with Crippen LogP contribution in [-0.2, 0) is 14.4 Å². The highest BCUT2D eigenvalue weighted by Gasteiger charge is 2.42. The maximum Gasteiger partial charge on any atom is 0.267 e. The molecule has 1 saturated heterocycles. The first-order valence-electron chi connectivity index (χ1n) is 10.9. The highest BCUT2D eigenvalue weighted by atomic mass is 32.2. The SMILES string of the molecule is CCCCN1C(=O)C(=C2C(=O)N(CC(=O)Nc3ccc(C)c(C)c3)c3ccccc32)SC1=S. The number of fused-ring (bicyclic) bond motifs is 1. The van der Waals surface area contributed by atoms with Crippen LogP contribution in [0.5, 0.6) is 0 Å². The van der Waals surface area contributed by atoms with E-state index in [4.69, 9.17) is 12.2 Å². The molecule has 0 radical (unpaired) electrons. The van der Waals surface area contributed by atoms with Crippen molar-refractivity contribution in [2.75, 3.05) is 23.3 Å². The van der Waals surface area contributed by atoms with Crippen LogP contribution in [0.3, 0.4) is 0 Å². The van der Waals surface area contributed by atoms with Crippen LogP contribution >= 0.6 is 24.0 Å². The van der Waals surface area contributed by atoms with Gasteiger partial charge in [0, 0.05) is 17.8 Å². The molecule has 8 heteroatoms. The number of unbranched alkanes of at least 4 members (excludes halogenated alkanes) is 1. The fourth-order valence-electron chi connectivity index (χ4n) is 3.88. The molecule has 2 aromatic rings. The Morgan fingerprint density at radius 1 is 1.03 bits per heavy atom. The lowest BCUT2D eigenvalue weighted by molar-refractivity contribution is -0.122. The number of rotatable bonds is 6. The highest BCUT2D eigenvalue weighted by Crippen LogP contribution is 2.44. The molecule has 6 nitrogen and oxygen atoms in total. The van der Waals surface area contributed by atoms with E-state index in [1.165, 1.54) is 4.90 Å². The summed E-state index contributed by atoms with van der Waals surface area (Å²) in [6.07, 6.45) is 1.78. The van der Waals surface area contributed by atoms with Gasteiger partial charge in [0.25, 0.3) is 11.8 Å². The van der Waals surface area contributed by atoms with Gasteiger partial charge >= 0.3 is 0 Å². The number of carbonyl (C=O) groups excluding carboxylic acids is 3. The van der Waals surface area contributed by atoms with E-state index in [2.05, 4.69) is 5.32 Å². The average Bonchev–Trinajstić information content (AvgIpc) is 3.21. The van der Waals surface area contributed by atoms with Crippen molar-refractivity contribution in [1.82, 2.24) is 4.90 Å².